The van der Waals surface area contributed by atoms with E-state index in [1.807, 2.05) is 0 Å². The molecule has 8 nitrogen and oxygen atoms in total. The van der Waals surface area contributed by atoms with E-state index in [0.29, 0.717) is 23.4 Å². The normalized spacial score (nSPS) is 13.0. The summed E-state index contributed by atoms with van der Waals surface area (Å²) in [5.41, 5.74) is 0.790. The van der Waals surface area contributed by atoms with Gasteiger partial charge in [-0.15, -0.1) is 0 Å². The number of fused-ring (bicyclic) bond motifs is 1. The number of aliphatic carboxylic acids is 1. The van der Waals surface area contributed by atoms with Crippen LogP contribution < -0.4 is 15.0 Å². The number of hydrogen-bond donors (Lipinski definition) is 2. The third kappa shape index (κ3) is 4.31. The summed E-state index contributed by atoms with van der Waals surface area (Å²) in [4.78, 5) is 47.2. The van der Waals surface area contributed by atoms with E-state index in [2.05, 4.69) is 5.32 Å². The predicted octanol–water partition coefficient (Wildman–Crippen LogP) is 0.596. The van der Waals surface area contributed by atoms with Crippen LogP contribution in [-0.2, 0) is 14.4 Å². The van der Waals surface area contributed by atoms with Crippen molar-refractivity contribution in [1.29, 1.82) is 0 Å². The van der Waals surface area contributed by atoms with Crippen LogP contribution in [0, 0.1) is 0 Å². The van der Waals surface area contributed by atoms with Crippen molar-refractivity contribution in [2.24, 2.45) is 0 Å². The molecule has 0 bridgehead atoms. The Labute approximate surface area is 138 Å². The lowest BCUT2D eigenvalue weighted by Crippen LogP contribution is -2.45. The Hall–Kier alpha value is -2.90. The molecule has 1 heterocycles. The van der Waals surface area contributed by atoms with Gasteiger partial charge in [0.25, 0.3) is 5.91 Å². The highest BCUT2D eigenvalue weighted by atomic mass is 16.5. The van der Waals surface area contributed by atoms with Gasteiger partial charge in [0.05, 0.1) is 5.69 Å². The number of nitrogens with one attached hydrogen (secondary N) is 1. The van der Waals surface area contributed by atoms with Crippen molar-refractivity contribution in [2.75, 3.05) is 24.6 Å². The van der Waals surface area contributed by atoms with Crippen molar-refractivity contribution >= 4 is 29.3 Å². The van der Waals surface area contributed by atoms with Crippen LogP contribution in [0.4, 0.5) is 5.69 Å². The van der Waals surface area contributed by atoms with Crippen LogP contribution in [0.5, 0.6) is 5.75 Å². The first-order valence-corrected chi connectivity index (χ1v) is 7.45. The highest BCUT2D eigenvalue weighted by molar-refractivity contribution is 6.04. The maximum Gasteiger partial charge on any atom is 0.303 e. The lowest BCUT2D eigenvalue weighted by atomic mass is 10.1. The number of carbonyl (C=O) groups excluding carboxylic acids is 3. The van der Waals surface area contributed by atoms with Gasteiger partial charge in [0.15, 0.2) is 12.4 Å². The SMILES string of the molecule is CC(=O)c1ccc2c(c1)N(CC(=O)NCCCC(=O)O)C(=O)CO2. The van der Waals surface area contributed by atoms with E-state index in [-0.39, 0.29) is 37.8 Å². The number of rotatable bonds is 7. The van der Waals surface area contributed by atoms with Gasteiger partial charge in [0.2, 0.25) is 5.91 Å². The molecule has 128 valence electrons. The van der Waals surface area contributed by atoms with E-state index < -0.39 is 11.9 Å². The molecule has 1 aromatic carbocycles. The smallest absolute Gasteiger partial charge is 0.303 e. The molecule has 0 radical (unpaired) electrons. The van der Waals surface area contributed by atoms with Crippen LogP contribution >= 0.6 is 0 Å². The van der Waals surface area contributed by atoms with Gasteiger partial charge in [0.1, 0.15) is 12.3 Å². The van der Waals surface area contributed by atoms with E-state index in [0.717, 1.165) is 0 Å². The zero-order chi connectivity index (χ0) is 17.7. The summed E-state index contributed by atoms with van der Waals surface area (Å²) < 4.78 is 5.31. The third-order valence-corrected chi connectivity index (χ3v) is 3.50. The standard InChI is InChI=1S/C16H18N2O6/c1-10(19)11-4-5-13-12(7-11)18(15(21)9-24-13)8-14(20)17-6-2-3-16(22)23/h4-5,7H,2-3,6,8-9H2,1H3,(H,17,20)(H,22,23). The number of anilines is 1. The monoisotopic (exact) mass is 334 g/mol. The zero-order valence-corrected chi connectivity index (χ0v) is 13.2. The Bertz CT molecular complexity index is 685. The predicted molar refractivity (Wildman–Crippen MR) is 84.2 cm³/mol. The Morgan fingerprint density at radius 2 is 2.08 bits per heavy atom. The average Bonchev–Trinajstić information content (AvgIpc) is 2.53. The van der Waals surface area contributed by atoms with Gasteiger partial charge >= 0.3 is 5.97 Å². The van der Waals surface area contributed by atoms with Gasteiger partial charge in [-0.2, -0.15) is 0 Å². The minimum atomic E-state index is -0.932. The lowest BCUT2D eigenvalue weighted by Gasteiger charge is -2.29. The van der Waals surface area contributed by atoms with Crippen molar-refractivity contribution in [2.45, 2.75) is 19.8 Å². The van der Waals surface area contributed by atoms with Crippen LogP contribution in [0.1, 0.15) is 30.1 Å². The maximum absolute atomic E-state index is 12.1. The topological polar surface area (TPSA) is 113 Å². The number of nitrogens with zero attached hydrogens (tertiary/aromatic N) is 1. The zero-order valence-electron chi connectivity index (χ0n) is 13.2. The molecule has 0 saturated heterocycles. The first kappa shape index (κ1) is 17.5. The van der Waals surface area contributed by atoms with Crippen LogP contribution in [0.25, 0.3) is 0 Å². The van der Waals surface area contributed by atoms with Crippen LogP contribution in [0.2, 0.25) is 0 Å². The summed E-state index contributed by atoms with van der Waals surface area (Å²) in [6, 6.07) is 4.71. The molecular formula is C16H18N2O6. The number of hydrogen-bond acceptors (Lipinski definition) is 5. The Morgan fingerprint density at radius 3 is 2.75 bits per heavy atom. The molecule has 0 fully saturated rings. The number of ether oxygens (including phenoxy) is 1. The molecule has 24 heavy (non-hydrogen) atoms. The fourth-order valence-corrected chi connectivity index (χ4v) is 2.26. The highest BCUT2D eigenvalue weighted by Crippen LogP contribution is 2.32. The summed E-state index contributed by atoms with van der Waals surface area (Å²) >= 11 is 0. The molecule has 1 aliphatic rings. The van der Waals surface area contributed by atoms with Gasteiger partial charge in [0, 0.05) is 18.5 Å². The molecule has 1 aliphatic heterocycles. The first-order chi connectivity index (χ1) is 11.4. The molecule has 0 atom stereocenters. The number of Topliss-reactive ketones (excluding diaryl/α,β-unsaturated/α-hetero) is 1. The van der Waals surface area contributed by atoms with Crippen molar-refractivity contribution in [3.63, 3.8) is 0 Å². The maximum atomic E-state index is 12.1. The summed E-state index contributed by atoms with van der Waals surface area (Å²) in [7, 11) is 0. The lowest BCUT2D eigenvalue weighted by molar-refractivity contribution is -0.137. The highest BCUT2D eigenvalue weighted by Gasteiger charge is 2.27. The van der Waals surface area contributed by atoms with E-state index in [1.165, 1.54) is 17.9 Å². The largest absolute Gasteiger partial charge is 0.482 e. The quantitative estimate of drug-likeness (QED) is 0.557. The molecule has 0 spiro atoms. The Balaban J connectivity index is 2.06. The molecule has 2 amide bonds. The van der Waals surface area contributed by atoms with Gasteiger partial charge < -0.3 is 15.2 Å². The molecular weight excluding hydrogens is 316 g/mol. The van der Waals surface area contributed by atoms with E-state index >= 15 is 0 Å². The molecule has 2 N–H and O–H groups in total. The summed E-state index contributed by atoms with van der Waals surface area (Å²) in [6.45, 7) is 1.22. The second-order valence-electron chi connectivity index (χ2n) is 5.35. The Kier molecular flexibility index (Phi) is 5.51. The molecule has 0 aliphatic carbocycles. The second-order valence-corrected chi connectivity index (χ2v) is 5.35. The number of carbonyl (C=O) groups is 4. The average molecular weight is 334 g/mol. The van der Waals surface area contributed by atoms with Crippen molar-refractivity contribution < 1.29 is 29.0 Å². The van der Waals surface area contributed by atoms with E-state index in [1.54, 1.807) is 12.1 Å². The fraction of sp³-hybridized carbons (Fsp3) is 0.375. The van der Waals surface area contributed by atoms with Crippen LogP contribution in [0.15, 0.2) is 18.2 Å². The van der Waals surface area contributed by atoms with Gasteiger partial charge in [-0.3, -0.25) is 24.1 Å². The molecule has 0 unspecified atom stereocenters. The molecule has 2 rings (SSSR count). The second kappa shape index (κ2) is 7.58. The molecule has 0 aromatic heterocycles. The number of benzene rings is 1. The summed E-state index contributed by atoms with van der Waals surface area (Å²) in [6.07, 6.45) is 0.269. The number of carboxylic acid groups (broad SMARTS) is 1. The van der Waals surface area contributed by atoms with Crippen LogP contribution in [0.3, 0.4) is 0 Å². The summed E-state index contributed by atoms with van der Waals surface area (Å²) in [5.74, 6) is -1.45. The van der Waals surface area contributed by atoms with Crippen molar-refractivity contribution in [1.82, 2.24) is 5.32 Å². The van der Waals surface area contributed by atoms with Gasteiger partial charge in [-0.1, -0.05) is 0 Å². The van der Waals surface area contributed by atoms with E-state index in [4.69, 9.17) is 9.84 Å². The molecule has 0 saturated carbocycles. The van der Waals surface area contributed by atoms with E-state index in [9.17, 15) is 19.2 Å². The van der Waals surface area contributed by atoms with Gasteiger partial charge in [-0.05, 0) is 31.5 Å². The minimum absolute atomic E-state index is 0.0401. The van der Waals surface area contributed by atoms with Crippen molar-refractivity contribution in [3.05, 3.63) is 23.8 Å². The number of carboxylic acids is 1. The third-order valence-electron chi connectivity index (χ3n) is 3.50. The minimum Gasteiger partial charge on any atom is -0.482 e. The number of amides is 2. The Morgan fingerprint density at radius 1 is 1.33 bits per heavy atom. The van der Waals surface area contributed by atoms with Gasteiger partial charge in [-0.25, -0.2) is 0 Å². The molecule has 1 aromatic rings. The first-order valence-electron chi connectivity index (χ1n) is 7.45. The van der Waals surface area contributed by atoms with Crippen molar-refractivity contribution in [3.8, 4) is 5.75 Å². The summed E-state index contributed by atoms with van der Waals surface area (Å²) in [5, 5.41) is 11.1. The number of ketones is 1. The molecule has 8 heteroatoms. The fourth-order valence-electron chi connectivity index (χ4n) is 2.26. The van der Waals surface area contributed by atoms with Crippen LogP contribution in [-0.4, -0.2) is 48.4 Å².